The molecule has 68 valence electrons. The number of halogens is 1. The zero-order chi connectivity index (χ0) is 8.27. The summed E-state index contributed by atoms with van der Waals surface area (Å²) in [6.45, 7) is 2.36. The molecule has 0 aliphatic rings. The molecule has 0 saturated carbocycles. The van der Waals surface area contributed by atoms with Crippen LogP contribution in [0.2, 0.25) is 0 Å². The Bertz CT molecular complexity index is 265. The fourth-order valence-electron chi connectivity index (χ4n) is 0.752. The number of nitrogens with zero attached hydrogens (tertiary/aromatic N) is 1. The molecule has 1 aromatic rings. The van der Waals surface area contributed by atoms with Crippen LogP contribution in [0.5, 0.6) is 0 Å². The van der Waals surface area contributed by atoms with E-state index in [9.17, 15) is 0 Å². The highest BCUT2D eigenvalue weighted by Gasteiger charge is 1.98. The standard InChI is InChI=1S/C7H11N3O.BrH/c1-5-6(2-3-11-5)4-10-7(8)9;/h2-3H,4H2,1H3,(H4,8,9,10);1H. The number of hydrogen-bond donors (Lipinski definition) is 2. The molecule has 0 amide bonds. The van der Waals surface area contributed by atoms with Crippen molar-refractivity contribution < 1.29 is 4.42 Å². The Morgan fingerprint density at radius 1 is 1.58 bits per heavy atom. The lowest BCUT2D eigenvalue weighted by molar-refractivity contribution is 0.530. The van der Waals surface area contributed by atoms with E-state index in [2.05, 4.69) is 4.99 Å². The van der Waals surface area contributed by atoms with Crippen molar-refractivity contribution in [3.63, 3.8) is 0 Å². The number of hydrogen-bond acceptors (Lipinski definition) is 2. The van der Waals surface area contributed by atoms with Gasteiger partial charge in [0.25, 0.3) is 0 Å². The quantitative estimate of drug-likeness (QED) is 0.590. The summed E-state index contributed by atoms with van der Waals surface area (Å²) in [5.41, 5.74) is 11.3. The maximum absolute atomic E-state index is 5.16. The van der Waals surface area contributed by atoms with Crippen LogP contribution in [0.4, 0.5) is 0 Å². The average molecular weight is 234 g/mol. The molecule has 4 nitrogen and oxygen atoms in total. The Morgan fingerprint density at radius 3 is 2.67 bits per heavy atom. The molecule has 1 heterocycles. The van der Waals surface area contributed by atoms with E-state index < -0.39 is 0 Å². The van der Waals surface area contributed by atoms with Crippen LogP contribution in [0.15, 0.2) is 21.7 Å². The SMILES string of the molecule is Br.Cc1occc1CN=C(N)N. The second-order valence-corrected chi connectivity index (χ2v) is 2.24. The highest BCUT2D eigenvalue weighted by atomic mass is 79.9. The molecule has 12 heavy (non-hydrogen) atoms. The summed E-state index contributed by atoms with van der Waals surface area (Å²) < 4.78 is 5.05. The summed E-state index contributed by atoms with van der Waals surface area (Å²) in [6.07, 6.45) is 1.62. The van der Waals surface area contributed by atoms with E-state index in [1.165, 1.54) is 0 Å². The Balaban J connectivity index is 0.00000121. The lowest BCUT2D eigenvalue weighted by atomic mass is 10.3. The topological polar surface area (TPSA) is 77.5 Å². The molecule has 0 spiro atoms. The first-order valence-electron chi connectivity index (χ1n) is 3.28. The molecule has 1 rings (SSSR count). The fourth-order valence-corrected chi connectivity index (χ4v) is 0.752. The number of nitrogens with two attached hydrogens (primary N) is 2. The monoisotopic (exact) mass is 233 g/mol. The minimum absolute atomic E-state index is 0. The predicted molar refractivity (Wildman–Crippen MR) is 53.3 cm³/mol. The summed E-state index contributed by atoms with van der Waals surface area (Å²) in [5.74, 6) is 0.959. The molecule has 0 aromatic carbocycles. The summed E-state index contributed by atoms with van der Waals surface area (Å²) in [5, 5.41) is 0. The van der Waals surface area contributed by atoms with Crippen molar-refractivity contribution in [1.29, 1.82) is 0 Å². The van der Waals surface area contributed by atoms with Gasteiger partial charge in [-0.3, -0.25) is 0 Å². The third-order valence-corrected chi connectivity index (χ3v) is 1.40. The molecule has 0 fully saturated rings. The minimum Gasteiger partial charge on any atom is -0.469 e. The van der Waals surface area contributed by atoms with Gasteiger partial charge in [-0.1, -0.05) is 0 Å². The van der Waals surface area contributed by atoms with Crippen LogP contribution in [0.1, 0.15) is 11.3 Å². The highest BCUT2D eigenvalue weighted by molar-refractivity contribution is 8.93. The van der Waals surface area contributed by atoms with Gasteiger partial charge >= 0.3 is 0 Å². The Kier molecular flexibility index (Phi) is 4.43. The van der Waals surface area contributed by atoms with E-state index in [0.29, 0.717) is 6.54 Å². The molecule has 0 radical (unpaired) electrons. The Morgan fingerprint density at radius 2 is 2.25 bits per heavy atom. The first-order valence-corrected chi connectivity index (χ1v) is 3.28. The fraction of sp³-hybridized carbons (Fsp3) is 0.286. The maximum atomic E-state index is 5.16. The van der Waals surface area contributed by atoms with Crippen molar-refractivity contribution in [2.24, 2.45) is 16.5 Å². The van der Waals surface area contributed by atoms with Gasteiger partial charge in [-0.2, -0.15) is 0 Å². The summed E-state index contributed by atoms with van der Waals surface area (Å²) in [6, 6.07) is 1.85. The second-order valence-electron chi connectivity index (χ2n) is 2.24. The normalized spacial score (nSPS) is 8.75. The molecular weight excluding hydrogens is 222 g/mol. The van der Waals surface area contributed by atoms with Crippen LogP contribution in [0.25, 0.3) is 0 Å². The average Bonchev–Trinajstić information content (AvgIpc) is 2.31. The van der Waals surface area contributed by atoms with Gasteiger partial charge in [-0.25, -0.2) is 4.99 Å². The molecule has 0 atom stereocenters. The Hall–Kier alpha value is -0.970. The van der Waals surface area contributed by atoms with E-state index in [4.69, 9.17) is 15.9 Å². The van der Waals surface area contributed by atoms with E-state index in [-0.39, 0.29) is 22.9 Å². The largest absolute Gasteiger partial charge is 0.469 e. The van der Waals surface area contributed by atoms with Gasteiger partial charge in [0, 0.05) is 5.56 Å². The van der Waals surface area contributed by atoms with Crippen LogP contribution < -0.4 is 11.5 Å². The van der Waals surface area contributed by atoms with Crippen molar-refractivity contribution in [1.82, 2.24) is 0 Å². The molecule has 0 saturated heterocycles. The molecule has 0 bridgehead atoms. The predicted octanol–water partition coefficient (Wildman–Crippen LogP) is 0.939. The summed E-state index contributed by atoms with van der Waals surface area (Å²) in [7, 11) is 0. The maximum Gasteiger partial charge on any atom is 0.186 e. The smallest absolute Gasteiger partial charge is 0.186 e. The van der Waals surface area contributed by atoms with Crippen LogP contribution in [-0.2, 0) is 6.54 Å². The lowest BCUT2D eigenvalue weighted by Gasteiger charge is -1.92. The van der Waals surface area contributed by atoms with Crippen LogP contribution in [-0.4, -0.2) is 5.96 Å². The van der Waals surface area contributed by atoms with Crippen LogP contribution in [0.3, 0.4) is 0 Å². The lowest BCUT2D eigenvalue weighted by Crippen LogP contribution is -2.22. The number of furan rings is 1. The van der Waals surface area contributed by atoms with Crippen molar-refractivity contribution >= 4 is 22.9 Å². The molecule has 0 aliphatic carbocycles. The van der Waals surface area contributed by atoms with Crippen LogP contribution >= 0.6 is 17.0 Å². The number of aryl methyl sites for hydroxylation is 1. The molecular formula is C7H12BrN3O. The number of aliphatic imine (C=N–C) groups is 1. The summed E-state index contributed by atoms with van der Waals surface area (Å²) >= 11 is 0. The van der Waals surface area contributed by atoms with E-state index in [1.807, 2.05) is 13.0 Å². The third-order valence-electron chi connectivity index (χ3n) is 1.40. The van der Waals surface area contributed by atoms with Gasteiger partial charge in [0.2, 0.25) is 0 Å². The van der Waals surface area contributed by atoms with Gasteiger partial charge < -0.3 is 15.9 Å². The number of rotatable bonds is 2. The van der Waals surface area contributed by atoms with Gasteiger partial charge in [0.1, 0.15) is 5.76 Å². The molecule has 0 aliphatic heterocycles. The van der Waals surface area contributed by atoms with Crippen molar-refractivity contribution in [2.45, 2.75) is 13.5 Å². The number of guanidine groups is 1. The van der Waals surface area contributed by atoms with E-state index in [0.717, 1.165) is 11.3 Å². The van der Waals surface area contributed by atoms with E-state index >= 15 is 0 Å². The molecule has 0 unspecified atom stereocenters. The van der Waals surface area contributed by atoms with Gasteiger partial charge in [0.15, 0.2) is 5.96 Å². The van der Waals surface area contributed by atoms with Gasteiger partial charge in [-0.05, 0) is 13.0 Å². The van der Waals surface area contributed by atoms with Gasteiger partial charge in [-0.15, -0.1) is 17.0 Å². The zero-order valence-electron chi connectivity index (χ0n) is 6.78. The molecule has 1 aromatic heterocycles. The highest BCUT2D eigenvalue weighted by Crippen LogP contribution is 2.09. The van der Waals surface area contributed by atoms with Crippen LogP contribution in [0, 0.1) is 6.92 Å². The third kappa shape index (κ3) is 2.96. The molecule has 5 heteroatoms. The zero-order valence-corrected chi connectivity index (χ0v) is 8.49. The van der Waals surface area contributed by atoms with Crippen molar-refractivity contribution in [2.75, 3.05) is 0 Å². The molecule has 4 N–H and O–H groups in total. The van der Waals surface area contributed by atoms with Gasteiger partial charge in [0.05, 0.1) is 12.8 Å². The first-order chi connectivity index (χ1) is 5.20. The minimum atomic E-state index is 0. The first kappa shape index (κ1) is 11.0. The van der Waals surface area contributed by atoms with Crippen molar-refractivity contribution in [3.05, 3.63) is 23.7 Å². The Labute approximate surface area is 81.4 Å². The summed E-state index contributed by atoms with van der Waals surface area (Å²) in [4.78, 5) is 3.84. The van der Waals surface area contributed by atoms with E-state index in [1.54, 1.807) is 6.26 Å². The van der Waals surface area contributed by atoms with Crippen molar-refractivity contribution in [3.8, 4) is 0 Å². The second kappa shape index (κ2) is 4.82.